The average molecular weight is 195 g/mol. The van der Waals surface area contributed by atoms with E-state index in [1.165, 1.54) is 25.7 Å². The fraction of sp³-hybridized carbons (Fsp3) is 0.833. The van der Waals surface area contributed by atoms with E-state index >= 15 is 0 Å². The maximum atomic E-state index is 5.74. The standard InChI is InChI=1S/C12H21NO/c1-3-8-13-9-11(2)14-10-12-6-4-5-7-12/h1,11-13H,4-10H2,2H3. The van der Waals surface area contributed by atoms with Gasteiger partial charge in [0, 0.05) is 13.2 Å². The highest BCUT2D eigenvalue weighted by Crippen LogP contribution is 2.24. The SMILES string of the molecule is C#CCNCC(C)OCC1CCCC1. The van der Waals surface area contributed by atoms with Crippen LogP contribution in [0.1, 0.15) is 32.6 Å². The molecule has 0 aromatic heterocycles. The van der Waals surface area contributed by atoms with Crippen molar-refractivity contribution in [3.8, 4) is 12.3 Å². The van der Waals surface area contributed by atoms with Crippen molar-refractivity contribution in [1.82, 2.24) is 5.32 Å². The van der Waals surface area contributed by atoms with Gasteiger partial charge in [-0.1, -0.05) is 18.8 Å². The Hall–Kier alpha value is -0.520. The largest absolute Gasteiger partial charge is 0.377 e. The second-order valence-electron chi connectivity index (χ2n) is 4.13. The molecule has 0 bridgehead atoms. The maximum Gasteiger partial charge on any atom is 0.0671 e. The van der Waals surface area contributed by atoms with Crippen molar-refractivity contribution in [3.63, 3.8) is 0 Å². The zero-order valence-corrected chi connectivity index (χ0v) is 9.09. The third-order valence-corrected chi connectivity index (χ3v) is 2.75. The molecule has 1 atom stereocenters. The van der Waals surface area contributed by atoms with Crippen LogP contribution in [-0.2, 0) is 4.74 Å². The fourth-order valence-corrected chi connectivity index (χ4v) is 1.88. The minimum absolute atomic E-state index is 0.281. The highest BCUT2D eigenvalue weighted by atomic mass is 16.5. The first-order chi connectivity index (χ1) is 6.83. The molecule has 2 nitrogen and oxygen atoms in total. The molecule has 0 aliphatic heterocycles. The van der Waals surface area contributed by atoms with Crippen LogP contribution in [0.15, 0.2) is 0 Å². The van der Waals surface area contributed by atoms with Crippen molar-refractivity contribution in [1.29, 1.82) is 0 Å². The Morgan fingerprint density at radius 3 is 2.86 bits per heavy atom. The summed E-state index contributed by atoms with van der Waals surface area (Å²) in [6.45, 7) is 4.52. The van der Waals surface area contributed by atoms with Crippen LogP contribution in [0.3, 0.4) is 0 Å². The molecule has 1 rings (SSSR count). The Morgan fingerprint density at radius 2 is 2.21 bits per heavy atom. The third kappa shape index (κ3) is 4.64. The Balaban J connectivity index is 1.97. The molecule has 1 saturated carbocycles. The molecule has 0 aromatic carbocycles. The molecular formula is C12H21NO. The summed E-state index contributed by atoms with van der Waals surface area (Å²) >= 11 is 0. The molecule has 80 valence electrons. The fourth-order valence-electron chi connectivity index (χ4n) is 1.88. The van der Waals surface area contributed by atoms with Crippen molar-refractivity contribution < 1.29 is 4.74 Å². The second kappa shape index (κ2) is 6.86. The number of rotatable bonds is 6. The van der Waals surface area contributed by atoms with Crippen LogP contribution < -0.4 is 5.32 Å². The van der Waals surface area contributed by atoms with Gasteiger partial charge < -0.3 is 10.1 Å². The molecule has 0 radical (unpaired) electrons. The van der Waals surface area contributed by atoms with Crippen molar-refractivity contribution in [2.45, 2.75) is 38.7 Å². The molecule has 1 unspecified atom stereocenters. The Bertz CT molecular complexity index is 179. The van der Waals surface area contributed by atoms with Crippen LogP contribution in [0.4, 0.5) is 0 Å². The van der Waals surface area contributed by atoms with Gasteiger partial charge in [0.1, 0.15) is 0 Å². The van der Waals surface area contributed by atoms with Gasteiger partial charge in [0.15, 0.2) is 0 Å². The van der Waals surface area contributed by atoms with Gasteiger partial charge in [-0.2, -0.15) is 0 Å². The lowest BCUT2D eigenvalue weighted by atomic mass is 10.1. The normalized spacial score (nSPS) is 19.4. The number of terminal acetylenes is 1. The summed E-state index contributed by atoms with van der Waals surface area (Å²) in [4.78, 5) is 0. The van der Waals surface area contributed by atoms with Gasteiger partial charge >= 0.3 is 0 Å². The van der Waals surface area contributed by atoms with Crippen molar-refractivity contribution in [3.05, 3.63) is 0 Å². The number of hydrogen-bond donors (Lipinski definition) is 1. The van der Waals surface area contributed by atoms with E-state index in [1.807, 2.05) is 0 Å². The Labute approximate surface area is 87.4 Å². The van der Waals surface area contributed by atoms with Crippen LogP contribution in [0.25, 0.3) is 0 Å². The van der Waals surface area contributed by atoms with E-state index in [0.29, 0.717) is 6.54 Å². The maximum absolute atomic E-state index is 5.74. The average Bonchev–Trinajstić information content (AvgIpc) is 2.68. The summed E-state index contributed by atoms with van der Waals surface area (Å²) in [7, 11) is 0. The minimum atomic E-state index is 0.281. The molecule has 14 heavy (non-hydrogen) atoms. The molecule has 0 heterocycles. The van der Waals surface area contributed by atoms with Crippen molar-refractivity contribution in [2.75, 3.05) is 19.7 Å². The highest BCUT2D eigenvalue weighted by Gasteiger charge is 2.15. The summed E-state index contributed by atoms with van der Waals surface area (Å²) in [5, 5.41) is 3.15. The van der Waals surface area contributed by atoms with E-state index in [4.69, 9.17) is 11.2 Å². The van der Waals surface area contributed by atoms with Gasteiger partial charge in [-0.15, -0.1) is 6.42 Å². The van der Waals surface area contributed by atoms with Crippen LogP contribution in [-0.4, -0.2) is 25.8 Å². The first-order valence-electron chi connectivity index (χ1n) is 5.58. The smallest absolute Gasteiger partial charge is 0.0671 e. The molecule has 1 aliphatic carbocycles. The number of hydrogen-bond acceptors (Lipinski definition) is 2. The molecular weight excluding hydrogens is 174 g/mol. The van der Waals surface area contributed by atoms with E-state index in [2.05, 4.69) is 18.2 Å². The monoisotopic (exact) mass is 195 g/mol. The molecule has 1 fully saturated rings. The lowest BCUT2D eigenvalue weighted by molar-refractivity contribution is 0.0424. The molecule has 0 saturated heterocycles. The van der Waals surface area contributed by atoms with Gasteiger partial charge in [-0.05, 0) is 25.7 Å². The first-order valence-corrected chi connectivity index (χ1v) is 5.58. The van der Waals surface area contributed by atoms with Gasteiger partial charge in [-0.3, -0.25) is 0 Å². The predicted octanol–water partition coefficient (Wildman–Crippen LogP) is 1.80. The topological polar surface area (TPSA) is 21.3 Å². The van der Waals surface area contributed by atoms with Crippen LogP contribution in [0.2, 0.25) is 0 Å². The number of ether oxygens (including phenoxy) is 1. The highest BCUT2D eigenvalue weighted by molar-refractivity contribution is 4.86. The van der Waals surface area contributed by atoms with E-state index < -0.39 is 0 Å². The number of nitrogens with one attached hydrogen (secondary N) is 1. The van der Waals surface area contributed by atoms with Gasteiger partial charge in [0.2, 0.25) is 0 Å². The van der Waals surface area contributed by atoms with E-state index in [0.717, 1.165) is 19.1 Å². The van der Waals surface area contributed by atoms with Crippen LogP contribution >= 0.6 is 0 Å². The zero-order valence-electron chi connectivity index (χ0n) is 9.09. The minimum Gasteiger partial charge on any atom is -0.377 e. The van der Waals surface area contributed by atoms with E-state index in [1.54, 1.807) is 0 Å². The van der Waals surface area contributed by atoms with E-state index in [-0.39, 0.29) is 6.10 Å². The second-order valence-corrected chi connectivity index (χ2v) is 4.13. The van der Waals surface area contributed by atoms with Gasteiger partial charge in [-0.25, -0.2) is 0 Å². The lowest BCUT2D eigenvalue weighted by Gasteiger charge is -2.16. The molecule has 0 aromatic rings. The third-order valence-electron chi connectivity index (χ3n) is 2.75. The first kappa shape index (κ1) is 11.6. The molecule has 2 heteroatoms. The summed E-state index contributed by atoms with van der Waals surface area (Å²) in [5.41, 5.74) is 0. The molecule has 0 amide bonds. The zero-order chi connectivity index (χ0) is 10.2. The van der Waals surface area contributed by atoms with Crippen LogP contribution in [0.5, 0.6) is 0 Å². The van der Waals surface area contributed by atoms with E-state index in [9.17, 15) is 0 Å². The van der Waals surface area contributed by atoms with Gasteiger partial charge in [0.25, 0.3) is 0 Å². The summed E-state index contributed by atoms with van der Waals surface area (Å²) in [5.74, 6) is 3.36. The Kier molecular flexibility index (Phi) is 5.66. The molecule has 0 spiro atoms. The summed E-state index contributed by atoms with van der Waals surface area (Å²) < 4.78 is 5.74. The van der Waals surface area contributed by atoms with Crippen molar-refractivity contribution in [2.24, 2.45) is 5.92 Å². The predicted molar refractivity (Wildman–Crippen MR) is 59.1 cm³/mol. The Morgan fingerprint density at radius 1 is 1.50 bits per heavy atom. The van der Waals surface area contributed by atoms with Gasteiger partial charge in [0.05, 0.1) is 12.6 Å². The summed E-state index contributed by atoms with van der Waals surface area (Å²) in [6.07, 6.45) is 10.9. The van der Waals surface area contributed by atoms with Crippen molar-refractivity contribution >= 4 is 0 Å². The lowest BCUT2D eigenvalue weighted by Crippen LogP contribution is -2.28. The molecule has 1 aliphatic rings. The quantitative estimate of drug-likeness (QED) is 0.515. The summed E-state index contributed by atoms with van der Waals surface area (Å²) in [6, 6.07) is 0. The molecule has 1 N–H and O–H groups in total. The van der Waals surface area contributed by atoms with Crippen LogP contribution in [0, 0.1) is 18.3 Å².